The maximum absolute atomic E-state index is 12.0. The quantitative estimate of drug-likeness (QED) is 0.787. The first-order valence-corrected chi connectivity index (χ1v) is 8.14. The molecule has 0 saturated heterocycles. The van der Waals surface area contributed by atoms with Crippen molar-refractivity contribution in [2.75, 3.05) is 0 Å². The molecular formula is C17H19NO3S. The van der Waals surface area contributed by atoms with Gasteiger partial charge in [-0.2, -0.15) is 11.3 Å². The molecular weight excluding hydrogens is 298 g/mol. The Hall–Kier alpha value is -2.14. The summed E-state index contributed by atoms with van der Waals surface area (Å²) in [6.07, 6.45) is 1.61. The van der Waals surface area contributed by atoms with E-state index in [4.69, 9.17) is 5.11 Å². The molecule has 0 saturated carbocycles. The Labute approximate surface area is 133 Å². The number of amides is 1. The van der Waals surface area contributed by atoms with Gasteiger partial charge in [-0.15, -0.1) is 0 Å². The van der Waals surface area contributed by atoms with Crippen molar-refractivity contribution < 1.29 is 14.7 Å². The third kappa shape index (κ3) is 5.69. The second-order valence-corrected chi connectivity index (χ2v) is 5.97. The Morgan fingerprint density at radius 3 is 2.55 bits per heavy atom. The number of rotatable bonds is 8. The van der Waals surface area contributed by atoms with Crippen molar-refractivity contribution >= 4 is 23.2 Å². The lowest BCUT2D eigenvalue weighted by atomic mass is 10.0. The second-order valence-electron chi connectivity index (χ2n) is 5.19. The Balaban J connectivity index is 1.88. The van der Waals surface area contributed by atoms with Crippen molar-refractivity contribution in [1.29, 1.82) is 0 Å². The molecule has 0 aliphatic carbocycles. The molecule has 2 rings (SSSR count). The lowest BCUT2D eigenvalue weighted by Crippen LogP contribution is -2.37. The Bertz CT molecular complexity index is 596. The first-order valence-electron chi connectivity index (χ1n) is 7.19. The maximum atomic E-state index is 12.0. The summed E-state index contributed by atoms with van der Waals surface area (Å²) in [5.41, 5.74) is 2.10. The van der Waals surface area contributed by atoms with E-state index in [2.05, 4.69) is 5.32 Å². The number of aliphatic carboxylic acids is 1. The molecule has 22 heavy (non-hydrogen) atoms. The van der Waals surface area contributed by atoms with Gasteiger partial charge < -0.3 is 10.4 Å². The van der Waals surface area contributed by atoms with Crippen molar-refractivity contribution in [1.82, 2.24) is 5.32 Å². The summed E-state index contributed by atoms with van der Waals surface area (Å²) in [6, 6.07) is 11.4. The van der Waals surface area contributed by atoms with E-state index in [1.807, 2.05) is 47.2 Å². The van der Waals surface area contributed by atoms with Gasteiger partial charge in [-0.25, -0.2) is 0 Å². The van der Waals surface area contributed by atoms with Gasteiger partial charge >= 0.3 is 5.97 Å². The molecule has 0 radical (unpaired) electrons. The van der Waals surface area contributed by atoms with Crippen molar-refractivity contribution in [3.05, 3.63) is 58.3 Å². The van der Waals surface area contributed by atoms with Crippen LogP contribution >= 0.6 is 11.3 Å². The minimum absolute atomic E-state index is 0.0534. The van der Waals surface area contributed by atoms with E-state index < -0.39 is 5.97 Å². The number of benzene rings is 1. The predicted octanol–water partition coefficient (Wildman–Crippen LogP) is 2.88. The lowest BCUT2D eigenvalue weighted by Gasteiger charge is -2.17. The molecule has 2 N–H and O–H groups in total. The maximum Gasteiger partial charge on any atom is 0.305 e. The molecule has 0 bridgehead atoms. The average Bonchev–Trinajstić information content (AvgIpc) is 2.98. The van der Waals surface area contributed by atoms with Crippen LogP contribution in [0.15, 0.2) is 47.2 Å². The molecule has 116 valence electrons. The molecule has 1 atom stereocenters. The fourth-order valence-corrected chi connectivity index (χ4v) is 2.95. The van der Waals surface area contributed by atoms with Gasteiger partial charge in [0.2, 0.25) is 5.91 Å². The van der Waals surface area contributed by atoms with E-state index in [-0.39, 0.29) is 18.4 Å². The van der Waals surface area contributed by atoms with Gasteiger partial charge in [0, 0.05) is 6.04 Å². The van der Waals surface area contributed by atoms with Crippen LogP contribution in [-0.4, -0.2) is 23.0 Å². The smallest absolute Gasteiger partial charge is 0.305 e. The normalized spacial score (nSPS) is 11.8. The lowest BCUT2D eigenvalue weighted by molar-refractivity contribution is -0.137. The summed E-state index contributed by atoms with van der Waals surface area (Å²) in [5.74, 6) is -1.02. The third-order valence-electron chi connectivity index (χ3n) is 3.36. The first kappa shape index (κ1) is 16.2. The highest BCUT2D eigenvalue weighted by Gasteiger charge is 2.16. The predicted molar refractivity (Wildman–Crippen MR) is 87.0 cm³/mol. The zero-order chi connectivity index (χ0) is 15.8. The van der Waals surface area contributed by atoms with Crippen molar-refractivity contribution in [2.24, 2.45) is 0 Å². The minimum Gasteiger partial charge on any atom is -0.481 e. The number of hydrogen-bond acceptors (Lipinski definition) is 3. The van der Waals surface area contributed by atoms with Gasteiger partial charge in [0.15, 0.2) is 0 Å². The number of nitrogens with one attached hydrogen (secondary N) is 1. The van der Waals surface area contributed by atoms with Gasteiger partial charge in [0.25, 0.3) is 0 Å². The highest BCUT2D eigenvalue weighted by atomic mass is 32.1. The van der Waals surface area contributed by atoms with Crippen LogP contribution in [0.5, 0.6) is 0 Å². The molecule has 0 spiro atoms. The van der Waals surface area contributed by atoms with Gasteiger partial charge in [-0.3, -0.25) is 9.59 Å². The molecule has 4 nitrogen and oxygen atoms in total. The van der Waals surface area contributed by atoms with E-state index >= 15 is 0 Å². The number of carboxylic acids is 1. The number of thiophene rings is 1. The molecule has 0 aliphatic rings. The molecule has 1 aromatic heterocycles. The van der Waals surface area contributed by atoms with Crippen molar-refractivity contribution in [3.8, 4) is 0 Å². The average molecular weight is 317 g/mol. The molecule has 2 aromatic rings. The highest BCUT2D eigenvalue weighted by molar-refractivity contribution is 7.07. The summed E-state index contributed by atoms with van der Waals surface area (Å²) in [5, 5.41) is 15.7. The van der Waals surface area contributed by atoms with Crippen molar-refractivity contribution in [3.63, 3.8) is 0 Å². The molecule has 1 heterocycles. The standard InChI is InChI=1S/C17H19NO3S/c19-16(10-14-8-9-22-12-14)18-15(11-17(20)21)7-6-13-4-2-1-3-5-13/h1-5,8-9,12,15H,6-7,10-11H2,(H,18,19)(H,20,21)/t15-/m1/s1. The summed E-state index contributed by atoms with van der Waals surface area (Å²) < 4.78 is 0. The number of aryl methyl sites for hydroxylation is 1. The summed E-state index contributed by atoms with van der Waals surface area (Å²) in [4.78, 5) is 23.0. The van der Waals surface area contributed by atoms with Crippen LogP contribution in [0.3, 0.4) is 0 Å². The van der Waals surface area contributed by atoms with Gasteiger partial charge in [0.05, 0.1) is 12.8 Å². The Kier molecular flexibility index (Phi) is 6.15. The first-order chi connectivity index (χ1) is 10.6. The second kappa shape index (κ2) is 8.34. The van der Waals surface area contributed by atoms with E-state index in [1.54, 1.807) is 11.3 Å². The number of carbonyl (C=O) groups is 2. The zero-order valence-electron chi connectivity index (χ0n) is 12.2. The van der Waals surface area contributed by atoms with E-state index in [0.29, 0.717) is 12.8 Å². The van der Waals surface area contributed by atoms with E-state index in [0.717, 1.165) is 17.5 Å². The SMILES string of the molecule is O=C(O)C[C@@H](CCc1ccccc1)NC(=O)Cc1ccsc1. The Morgan fingerprint density at radius 2 is 1.91 bits per heavy atom. The number of carboxylic acid groups (broad SMARTS) is 1. The molecule has 0 aliphatic heterocycles. The van der Waals surface area contributed by atoms with Crippen LogP contribution in [0.25, 0.3) is 0 Å². The molecule has 1 aromatic carbocycles. The number of carbonyl (C=O) groups excluding carboxylic acids is 1. The van der Waals surface area contributed by atoms with Gasteiger partial charge in [-0.1, -0.05) is 30.3 Å². The zero-order valence-corrected chi connectivity index (χ0v) is 13.0. The van der Waals surface area contributed by atoms with E-state index in [1.165, 1.54) is 0 Å². The van der Waals surface area contributed by atoms with Crippen molar-refractivity contribution in [2.45, 2.75) is 31.7 Å². The molecule has 1 amide bonds. The van der Waals surface area contributed by atoms with Crippen LogP contribution in [-0.2, 0) is 22.4 Å². The van der Waals surface area contributed by atoms with Crippen LogP contribution in [0.2, 0.25) is 0 Å². The topological polar surface area (TPSA) is 66.4 Å². The molecule has 5 heteroatoms. The summed E-state index contributed by atoms with van der Waals surface area (Å²) in [6.45, 7) is 0. The highest BCUT2D eigenvalue weighted by Crippen LogP contribution is 2.10. The van der Waals surface area contributed by atoms with Crippen LogP contribution in [0.4, 0.5) is 0 Å². The van der Waals surface area contributed by atoms with Gasteiger partial charge in [-0.05, 0) is 40.8 Å². The van der Waals surface area contributed by atoms with Crippen LogP contribution in [0.1, 0.15) is 24.0 Å². The molecule has 0 unspecified atom stereocenters. The van der Waals surface area contributed by atoms with E-state index in [9.17, 15) is 9.59 Å². The largest absolute Gasteiger partial charge is 0.481 e. The molecule has 0 fully saturated rings. The van der Waals surface area contributed by atoms with Gasteiger partial charge in [0.1, 0.15) is 0 Å². The van der Waals surface area contributed by atoms with Crippen LogP contribution in [0, 0.1) is 0 Å². The summed E-state index contributed by atoms with van der Waals surface area (Å²) in [7, 11) is 0. The summed E-state index contributed by atoms with van der Waals surface area (Å²) >= 11 is 1.54. The van der Waals surface area contributed by atoms with Crippen LogP contribution < -0.4 is 5.32 Å². The Morgan fingerprint density at radius 1 is 1.14 bits per heavy atom. The number of hydrogen-bond donors (Lipinski definition) is 2. The monoisotopic (exact) mass is 317 g/mol. The third-order valence-corrected chi connectivity index (χ3v) is 4.09. The fourth-order valence-electron chi connectivity index (χ4n) is 2.28. The fraction of sp³-hybridized carbons (Fsp3) is 0.294. The minimum atomic E-state index is -0.895.